The first-order valence-electron chi connectivity index (χ1n) is 8.96. The van der Waals surface area contributed by atoms with Crippen LogP contribution >= 0.6 is 11.6 Å². The molecule has 0 saturated heterocycles. The quantitative estimate of drug-likeness (QED) is 0.725. The van der Waals surface area contributed by atoms with Crippen LogP contribution in [0.3, 0.4) is 0 Å². The van der Waals surface area contributed by atoms with Gasteiger partial charge in [-0.2, -0.15) is 0 Å². The molecule has 0 saturated carbocycles. The van der Waals surface area contributed by atoms with Crippen LogP contribution < -0.4 is 10.3 Å². The molecule has 0 spiro atoms. The average Bonchev–Trinajstić information content (AvgIpc) is 2.70. The van der Waals surface area contributed by atoms with Gasteiger partial charge in [0, 0.05) is 41.3 Å². The number of H-pyrrole nitrogens is 1. The molecule has 2 heterocycles. The molecule has 0 radical (unpaired) electrons. The van der Waals surface area contributed by atoms with E-state index in [0.717, 1.165) is 11.3 Å². The number of nitrogens with one attached hydrogen (secondary N) is 1. The van der Waals surface area contributed by atoms with E-state index in [1.54, 1.807) is 31.4 Å². The van der Waals surface area contributed by atoms with E-state index in [2.05, 4.69) is 14.9 Å². The molecule has 0 aliphatic carbocycles. The fourth-order valence-corrected chi connectivity index (χ4v) is 3.54. The number of hydrogen-bond acceptors (Lipinski definition) is 4. The Morgan fingerprint density at radius 1 is 1.25 bits per heavy atom. The molecule has 0 bridgehead atoms. The number of halogens is 2. The number of methoxy groups -OCH3 is 1. The van der Waals surface area contributed by atoms with Crippen molar-refractivity contribution in [1.29, 1.82) is 0 Å². The summed E-state index contributed by atoms with van der Waals surface area (Å²) in [5.41, 5.74) is 2.65. The zero-order valence-electron chi connectivity index (χ0n) is 15.3. The predicted molar refractivity (Wildman–Crippen MR) is 106 cm³/mol. The van der Waals surface area contributed by atoms with E-state index < -0.39 is 0 Å². The van der Waals surface area contributed by atoms with Crippen molar-refractivity contribution in [3.63, 3.8) is 0 Å². The number of hydrogen-bond donors (Lipinski definition) is 1. The van der Waals surface area contributed by atoms with Gasteiger partial charge in [-0.05, 0) is 48.9 Å². The van der Waals surface area contributed by atoms with E-state index in [-0.39, 0.29) is 11.4 Å². The molecule has 1 aliphatic rings. The van der Waals surface area contributed by atoms with Gasteiger partial charge in [-0.3, -0.25) is 9.69 Å². The van der Waals surface area contributed by atoms with Crippen molar-refractivity contribution in [2.75, 3.05) is 13.7 Å². The molecule has 0 amide bonds. The number of fused-ring (bicyclic) bond motifs is 1. The number of aromatic nitrogens is 2. The van der Waals surface area contributed by atoms with Crippen LogP contribution in [-0.4, -0.2) is 28.5 Å². The van der Waals surface area contributed by atoms with E-state index in [1.807, 2.05) is 12.1 Å². The molecule has 2 aromatic carbocycles. The number of ether oxygens (including phenoxy) is 1. The average molecular weight is 400 g/mol. The molecular formula is C21H19ClFN3O2. The van der Waals surface area contributed by atoms with E-state index in [0.29, 0.717) is 53.8 Å². The van der Waals surface area contributed by atoms with Crippen molar-refractivity contribution in [1.82, 2.24) is 14.9 Å². The van der Waals surface area contributed by atoms with E-state index in [9.17, 15) is 9.18 Å². The summed E-state index contributed by atoms with van der Waals surface area (Å²) in [6.07, 6.45) is 0.574. The van der Waals surface area contributed by atoms with Gasteiger partial charge < -0.3 is 9.72 Å². The Hall–Kier alpha value is -2.70. The van der Waals surface area contributed by atoms with Gasteiger partial charge in [-0.15, -0.1) is 0 Å². The molecule has 144 valence electrons. The van der Waals surface area contributed by atoms with E-state index >= 15 is 0 Å². The molecule has 1 aliphatic heterocycles. The van der Waals surface area contributed by atoms with E-state index in [4.69, 9.17) is 16.3 Å². The summed E-state index contributed by atoms with van der Waals surface area (Å²) >= 11 is 5.94. The van der Waals surface area contributed by atoms with Gasteiger partial charge in [0.15, 0.2) is 0 Å². The second kappa shape index (κ2) is 7.73. The summed E-state index contributed by atoms with van der Waals surface area (Å²) in [5.74, 6) is 0.857. The van der Waals surface area contributed by atoms with Crippen LogP contribution in [0.2, 0.25) is 5.02 Å². The lowest BCUT2D eigenvalue weighted by atomic mass is 10.0. The fraction of sp³-hybridized carbons (Fsp3) is 0.238. The lowest BCUT2D eigenvalue weighted by molar-refractivity contribution is 0.237. The zero-order valence-corrected chi connectivity index (χ0v) is 16.1. The maximum Gasteiger partial charge on any atom is 0.254 e. The lowest BCUT2D eigenvalue weighted by Gasteiger charge is -2.28. The smallest absolute Gasteiger partial charge is 0.254 e. The minimum Gasteiger partial charge on any atom is -0.497 e. The zero-order chi connectivity index (χ0) is 19.7. The summed E-state index contributed by atoms with van der Waals surface area (Å²) in [7, 11) is 1.56. The summed E-state index contributed by atoms with van der Waals surface area (Å²) in [5, 5.41) is 0.621. The van der Waals surface area contributed by atoms with Crippen LogP contribution in [0.25, 0.3) is 11.4 Å². The maximum absolute atomic E-state index is 14.2. The highest BCUT2D eigenvalue weighted by atomic mass is 35.5. The molecule has 3 aromatic rings. The minimum absolute atomic E-state index is 0.123. The predicted octanol–water partition coefficient (Wildman–Crippen LogP) is 3.80. The molecular weight excluding hydrogens is 381 g/mol. The number of benzene rings is 2. The van der Waals surface area contributed by atoms with Crippen molar-refractivity contribution in [2.45, 2.75) is 19.5 Å². The van der Waals surface area contributed by atoms with E-state index in [1.165, 1.54) is 6.07 Å². The summed E-state index contributed by atoms with van der Waals surface area (Å²) in [6.45, 7) is 1.57. The van der Waals surface area contributed by atoms with Crippen LogP contribution in [0.4, 0.5) is 4.39 Å². The van der Waals surface area contributed by atoms with Gasteiger partial charge in [0.1, 0.15) is 17.4 Å². The number of nitrogens with zero attached hydrogens (tertiary/aromatic N) is 2. The molecule has 28 heavy (non-hydrogen) atoms. The minimum atomic E-state index is -0.271. The van der Waals surface area contributed by atoms with Crippen LogP contribution in [0, 0.1) is 5.82 Å². The standard InChI is InChI=1S/C21H19ClFN3O2/c1-28-16-6-7-18(23)14(10-16)11-26-9-8-17-19(12-26)24-20(25-21(17)27)13-2-4-15(22)5-3-13/h2-7,10H,8-9,11-12H2,1H3,(H,24,25,27). The maximum atomic E-state index is 14.2. The Morgan fingerprint density at radius 2 is 2.04 bits per heavy atom. The Balaban J connectivity index is 1.61. The Bertz CT molecular complexity index is 1070. The SMILES string of the molecule is COc1ccc(F)c(CN2CCc3c(nc(-c4ccc(Cl)cc4)[nH]c3=O)C2)c1. The molecule has 4 rings (SSSR count). The molecule has 0 fully saturated rings. The van der Waals surface area contributed by atoms with Gasteiger partial charge in [0.2, 0.25) is 0 Å². The van der Waals surface area contributed by atoms with Crippen LogP contribution in [0.15, 0.2) is 47.3 Å². The normalized spacial score (nSPS) is 14.0. The Kier molecular flexibility index (Phi) is 5.15. The third-order valence-electron chi connectivity index (χ3n) is 4.92. The second-order valence-electron chi connectivity index (χ2n) is 6.76. The molecule has 0 atom stereocenters. The highest BCUT2D eigenvalue weighted by molar-refractivity contribution is 6.30. The number of rotatable bonds is 4. The monoisotopic (exact) mass is 399 g/mol. The Labute approximate surface area is 166 Å². The molecule has 7 heteroatoms. The van der Waals surface area contributed by atoms with Crippen molar-refractivity contribution in [3.8, 4) is 17.1 Å². The second-order valence-corrected chi connectivity index (χ2v) is 7.20. The topological polar surface area (TPSA) is 58.2 Å². The molecule has 1 aromatic heterocycles. The van der Waals surface area contributed by atoms with Crippen LogP contribution in [-0.2, 0) is 19.5 Å². The van der Waals surface area contributed by atoms with Crippen molar-refractivity contribution in [3.05, 3.63) is 80.5 Å². The first kappa shape index (κ1) is 18.7. The summed E-state index contributed by atoms with van der Waals surface area (Å²) in [4.78, 5) is 22.1. The largest absolute Gasteiger partial charge is 0.497 e. The van der Waals surface area contributed by atoms with Crippen molar-refractivity contribution >= 4 is 11.6 Å². The van der Waals surface area contributed by atoms with Crippen molar-refractivity contribution < 1.29 is 9.13 Å². The highest BCUT2D eigenvalue weighted by Gasteiger charge is 2.22. The van der Waals surface area contributed by atoms with Gasteiger partial charge in [-0.1, -0.05) is 11.6 Å². The van der Waals surface area contributed by atoms with Crippen LogP contribution in [0.1, 0.15) is 16.8 Å². The third kappa shape index (κ3) is 3.79. The van der Waals surface area contributed by atoms with Gasteiger partial charge >= 0.3 is 0 Å². The number of aromatic amines is 1. The first-order valence-corrected chi connectivity index (χ1v) is 9.34. The lowest BCUT2D eigenvalue weighted by Crippen LogP contribution is -2.35. The first-order chi connectivity index (χ1) is 13.5. The van der Waals surface area contributed by atoms with Gasteiger partial charge in [0.25, 0.3) is 5.56 Å². The molecule has 1 N–H and O–H groups in total. The van der Waals surface area contributed by atoms with Crippen molar-refractivity contribution in [2.24, 2.45) is 0 Å². The highest BCUT2D eigenvalue weighted by Crippen LogP contribution is 2.23. The fourth-order valence-electron chi connectivity index (χ4n) is 3.41. The molecule has 5 nitrogen and oxygen atoms in total. The summed E-state index contributed by atoms with van der Waals surface area (Å²) in [6, 6.07) is 11.9. The molecule has 0 unspecified atom stereocenters. The Morgan fingerprint density at radius 3 is 2.79 bits per heavy atom. The van der Waals surface area contributed by atoms with Gasteiger partial charge in [-0.25, -0.2) is 9.37 Å². The van der Waals surface area contributed by atoms with Crippen LogP contribution in [0.5, 0.6) is 5.75 Å². The van der Waals surface area contributed by atoms with Gasteiger partial charge in [0.05, 0.1) is 12.8 Å². The third-order valence-corrected chi connectivity index (χ3v) is 5.17. The summed E-state index contributed by atoms with van der Waals surface area (Å²) < 4.78 is 19.4.